The molecule has 3 aromatic rings. The Labute approximate surface area is 145 Å². The summed E-state index contributed by atoms with van der Waals surface area (Å²) in [6, 6.07) is 5.74. The summed E-state index contributed by atoms with van der Waals surface area (Å²) in [4.78, 5) is 12.5. The number of nitrogens with zero attached hydrogens (tertiary/aromatic N) is 3. The fourth-order valence-corrected chi connectivity index (χ4v) is 2.81. The van der Waals surface area contributed by atoms with Gasteiger partial charge in [0.15, 0.2) is 5.82 Å². The number of ether oxygens (including phenoxy) is 1. The Morgan fingerprint density at radius 2 is 2.12 bits per heavy atom. The average molecular weight is 342 g/mol. The maximum Gasteiger partial charge on any atom is 0.230 e. The van der Waals surface area contributed by atoms with Crippen molar-refractivity contribution in [3.05, 3.63) is 35.2 Å². The van der Waals surface area contributed by atoms with Crippen molar-refractivity contribution in [1.29, 1.82) is 0 Å². The Balaban J connectivity index is 1.92. The van der Waals surface area contributed by atoms with Gasteiger partial charge in [0.1, 0.15) is 11.5 Å². The van der Waals surface area contributed by atoms with Gasteiger partial charge in [0.2, 0.25) is 5.91 Å². The summed E-state index contributed by atoms with van der Waals surface area (Å²) < 4.78 is 12.7. The van der Waals surface area contributed by atoms with Crippen LogP contribution in [0.15, 0.2) is 22.7 Å². The minimum Gasteiger partial charge on any atom is -0.490 e. The third-order valence-corrected chi connectivity index (χ3v) is 3.98. The maximum absolute atomic E-state index is 12.5. The van der Waals surface area contributed by atoms with Gasteiger partial charge in [0.25, 0.3) is 0 Å². The number of hydrogen-bond acceptors (Lipinski definition) is 5. The fourth-order valence-electron chi connectivity index (χ4n) is 2.81. The maximum atomic E-state index is 12.5. The van der Waals surface area contributed by atoms with E-state index < -0.39 is 0 Å². The second-order valence-electron chi connectivity index (χ2n) is 6.32. The molecule has 2 aromatic heterocycles. The molecule has 0 atom stereocenters. The normalized spacial score (nSPS) is 11.3. The third-order valence-electron chi connectivity index (χ3n) is 3.98. The zero-order valence-electron chi connectivity index (χ0n) is 15.1. The van der Waals surface area contributed by atoms with Crippen LogP contribution in [0.4, 0.5) is 5.82 Å². The largest absolute Gasteiger partial charge is 0.490 e. The SMILES string of the molecule is Cc1noc(C)c1CC(=O)Nc1nn(C)c2cccc(OC(C)C)c12. The highest BCUT2D eigenvalue weighted by Crippen LogP contribution is 2.32. The fraction of sp³-hybridized carbons (Fsp3) is 0.389. The number of nitrogens with one attached hydrogen (secondary N) is 1. The summed E-state index contributed by atoms with van der Waals surface area (Å²) in [6.45, 7) is 7.55. The Morgan fingerprint density at radius 3 is 2.76 bits per heavy atom. The zero-order valence-corrected chi connectivity index (χ0v) is 15.1. The van der Waals surface area contributed by atoms with Crippen LogP contribution in [-0.2, 0) is 18.3 Å². The predicted octanol–water partition coefficient (Wildman–Crippen LogP) is 3.15. The van der Waals surface area contributed by atoms with E-state index >= 15 is 0 Å². The molecule has 0 spiro atoms. The number of anilines is 1. The Bertz CT molecular complexity index is 904. The first-order valence-electron chi connectivity index (χ1n) is 8.20. The third kappa shape index (κ3) is 3.35. The molecule has 0 radical (unpaired) electrons. The van der Waals surface area contributed by atoms with Crippen LogP contribution in [0.3, 0.4) is 0 Å². The molecule has 0 aliphatic heterocycles. The molecule has 7 heteroatoms. The highest BCUT2D eigenvalue weighted by atomic mass is 16.5. The number of hydrogen-bond donors (Lipinski definition) is 1. The second kappa shape index (κ2) is 6.58. The van der Waals surface area contributed by atoms with Crippen LogP contribution in [0.1, 0.15) is 30.9 Å². The summed E-state index contributed by atoms with van der Waals surface area (Å²) in [5.74, 6) is 1.68. The summed E-state index contributed by atoms with van der Waals surface area (Å²) >= 11 is 0. The highest BCUT2D eigenvalue weighted by molar-refractivity contribution is 6.03. The van der Waals surface area contributed by atoms with Gasteiger partial charge in [-0.2, -0.15) is 5.10 Å². The number of fused-ring (bicyclic) bond motifs is 1. The van der Waals surface area contributed by atoms with Crippen molar-refractivity contribution in [2.24, 2.45) is 7.05 Å². The summed E-state index contributed by atoms with van der Waals surface area (Å²) in [6.07, 6.45) is 0.212. The van der Waals surface area contributed by atoms with Crippen molar-refractivity contribution < 1.29 is 14.1 Å². The van der Waals surface area contributed by atoms with Gasteiger partial charge in [-0.25, -0.2) is 0 Å². The Hall–Kier alpha value is -2.83. The molecule has 0 aliphatic rings. The summed E-state index contributed by atoms with van der Waals surface area (Å²) in [7, 11) is 1.84. The van der Waals surface area contributed by atoms with E-state index in [1.54, 1.807) is 11.6 Å². The minimum atomic E-state index is -0.172. The highest BCUT2D eigenvalue weighted by Gasteiger charge is 2.19. The van der Waals surface area contributed by atoms with E-state index in [0.717, 1.165) is 22.2 Å². The molecule has 0 aliphatic carbocycles. The van der Waals surface area contributed by atoms with E-state index in [1.165, 1.54) is 0 Å². The lowest BCUT2D eigenvalue weighted by Gasteiger charge is -2.11. The molecule has 0 unspecified atom stereocenters. The predicted molar refractivity (Wildman–Crippen MR) is 94.8 cm³/mol. The molecule has 2 heterocycles. The molecule has 25 heavy (non-hydrogen) atoms. The molecule has 0 fully saturated rings. The molecule has 0 saturated heterocycles. The standard InChI is InChI=1S/C18H22N4O3/c1-10(2)24-15-8-6-7-14-17(15)18(20-22(14)5)19-16(23)9-13-11(3)21-25-12(13)4/h6-8,10H,9H2,1-5H3,(H,19,20,23). The van der Waals surface area contributed by atoms with Gasteiger partial charge in [-0.3, -0.25) is 9.48 Å². The number of amides is 1. The first kappa shape index (κ1) is 17.0. The molecular formula is C18H22N4O3. The van der Waals surface area contributed by atoms with Crippen LogP contribution in [0.25, 0.3) is 10.9 Å². The van der Waals surface area contributed by atoms with Crippen molar-refractivity contribution in [1.82, 2.24) is 14.9 Å². The van der Waals surface area contributed by atoms with Gasteiger partial charge in [0, 0.05) is 12.6 Å². The van der Waals surface area contributed by atoms with Crippen LogP contribution < -0.4 is 10.1 Å². The summed E-state index contributed by atoms with van der Waals surface area (Å²) in [5.41, 5.74) is 2.42. The van der Waals surface area contributed by atoms with E-state index in [2.05, 4.69) is 15.6 Å². The first-order valence-corrected chi connectivity index (χ1v) is 8.20. The van der Waals surface area contributed by atoms with Crippen molar-refractivity contribution in [2.45, 2.75) is 40.2 Å². The van der Waals surface area contributed by atoms with Crippen LogP contribution in [0.5, 0.6) is 5.75 Å². The monoisotopic (exact) mass is 342 g/mol. The number of rotatable bonds is 5. The molecule has 1 aromatic carbocycles. The lowest BCUT2D eigenvalue weighted by Crippen LogP contribution is -2.16. The second-order valence-corrected chi connectivity index (χ2v) is 6.32. The van der Waals surface area contributed by atoms with Crippen LogP contribution >= 0.6 is 0 Å². The smallest absolute Gasteiger partial charge is 0.230 e. The number of carbonyl (C=O) groups excluding carboxylic acids is 1. The molecule has 0 saturated carbocycles. The number of aromatic nitrogens is 3. The van der Waals surface area contributed by atoms with Crippen LogP contribution in [0, 0.1) is 13.8 Å². The minimum absolute atomic E-state index is 0.0247. The Kier molecular flexibility index (Phi) is 4.48. The van der Waals surface area contributed by atoms with Crippen LogP contribution in [0.2, 0.25) is 0 Å². The van der Waals surface area contributed by atoms with Crippen molar-refractivity contribution >= 4 is 22.6 Å². The van der Waals surface area contributed by atoms with E-state index in [-0.39, 0.29) is 18.4 Å². The average Bonchev–Trinajstić information content (AvgIpc) is 3.02. The number of aryl methyl sites for hydroxylation is 3. The van der Waals surface area contributed by atoms with Gasteiger partial charge in [-0.15, -0.1) is 0 Å². The molecule has 3 rings (SSSR count). The molecule has 0 bridgehead atoms. The van der Waals surface area contributed by atoms with Gasteiger partial charge in [0.05, 0.1) is 29.1 Å². The van der Waals surface area contributed by atoms with Crippen LogP contribution in [-0.4, -0.2) is 26.9 Å². The molecular weight excluding hydrogens is 320 g/mol. The van der Waals surface area contributed by atoms with Gasteiger partial charge < -0.3 is 14.6 Å². The van der Waals surface area contributed by atoms with E-state index in [9.17, 15) is 4.79 Å². The molecule has 132 valence electrons. The topological polar surface area (TPSA) is 82.2 Å². The van der Waals surface area contributed by atoms with Gasteiger partial charge in [-0.05, 0) is 39.8 Å². The summed E-state index contributed by atoms with van der Waals surface area (Å²) in [5, 5.41) is 12.0. The van der Waals surface area contributed by atoms with Gasteiger partial charge in [-0.1, -0.05) is 11.2 Å². The lowest BCUT2D eigenvalue weighted by molar-refractivity contribution is -0.115. The quantitative estimate of drug-likeness (QED) is 0.770. The van der Waals surface area contributed by atoms with Gasteiger partial charge >= 0.3 is 0 Å². The lowest BCUT2D eigenvalue weighted by atomic mass is 10.1. The van der Waals surface area contributed by atoms with E-state index in [1.807, 2.05) is 46.0 Å². The van der Waals surface area contributed by atoms with Crippen molar-refractivity contribution in [3.8, 4) is 5.75 Å². The molecule has 1 amide bonds. The number of carbonyl (C=O) groups is 1. The molecule has 1 N–H and O–H groups in total. The zero-order chi connectivity index (χ0) is 18.1. The van der Waals surface area contributed by atoms with Crippen molar-refractivity contribution in [3.63, 3.8) is 0 Å². The molecule has 7 nitrogen and oxygen atoms in total. The van der Waals surface area contributed by atoms with E-state index in [0.29, 0.717) is 17.3 Å². The Morgan fingerprint density at radius 1 is 1.36 bits per heavy atom. The number of benzene rings is 1. The first-order chi connectivity index (χ1) is 11.9. The van der Waals surface area contributed by atoms with Crippen molar-refractivity contribution in [2.75, 3.05) is 5.32 Å². The van der Waals surface area contributed by atoms with E-state index in [4.69, 9.17) is 9.26 Å².